The Balaban J connectivity index is 2.59. The topological polar surface area (TPSA) is 51.1 Å². The first-order valence-corrected chi connectivity index (χ1v) is 5.08. The zero-order valence-electron chi connectivity index (χ0n) is 9.06. The lowest BCUT2D eigenvalue weighted by atomic mass is 10.2. The van der Waals surface area contributed by atoms with Crippen molar-refractivity contribution >= 4 is 5.91 Å². The highest BCUT2D eigenvalue weighted by Crippen LogP contribution is 1.89. The van der Waals surface area contributed by atoms with E-state index in [0.29, 0.717) is 0 Å². The summed E-state index contributed by atoms with van der Waals surface area (Å²) < 4.78 is 1.39. The lowest BCUT2D eigenvalue weighted by Gasteiger charge is -2.11. The average Bonchev–Trinajstić information content (AvgIpc) is 2.21. The fourth-order valence-corrected chi connectivity index (χ4v) is 1.17. The third-order valence-corrected chi connectivity index (χ3v) is 2.23. The number of rotatable bonds is 4. The molecule has 82 valence electrons. The highest BCUT2D eigenvalue weighted by molar-refractivity contribution is 5.75. The molecular weight excluding hydrogens is 192 g/mol. The molecular formula is C11H16N2O2. The molecule has 0 radical (unpaired) electrons. The van der Waals surface area contributed by atoms with Crippen molar-refractivity contribution < 1.29 is 4.79 Å². The summed E-state index contributed by atoms with van der Waals surface area (Å²) in [4.78, 5) is 22.8. The molecule has 0 aromatic carbocycles. The van der Waals surface area contributed by atoms with Gasteiger partial charge in [0.25, 0.3) is 5.56 Å². The van der Waals surface area contributed by atoms with Crippen molar-refractivity contribution in [1.82, 2.24) is 9.88 Å². The minimum absolute atomic E-state index is 0.0873. The monoisotopic (exact) mass is 208 g/mol. The van der Waals surface area contributed by atoms with Crippen molar-refractivity contribution in [3.05, 3.63) is 34.7 Å². The maximum absolute atomic E-state index is 11.5. The summed E-state index contributed by atoms with van der Waals surface area (Å²) in [5.41, 5.74) is -0.156. The molecule has 0 unspecified atom stereocenters. The van der Waals surface area contributed by atoms with Gasteiger partial charge in [-0.1, -0.05) is 13.0 Å². The van der Waals surface area contributed by atoms with Crippen LogP contribution in [-0.4, -0.2) is 16.5 Å². The molecule has 1 aromatic rings. The fraction of sp³-hybridized carbons (Fsp3) is 0.455. The van der Waals surface area contributed by atoms with E-state index in [2.05, 4.69) is 5.32 Å². The van der Waals surface area contributed by atoms with Gasteiger partial charge in [0.1, 0.15) is 6.54 Å². The number of hydrogen-bond donors (Lipinski definition) is 1. The molecule has 0 fully saturated rings. The Morgan fingerprint density at radius 1 is 1.53 bits per heavy atom. The fourth-order valence-electron chi connectivity index (χ4n) is 1.17. The second-order valence-corrected chi connectivity index (χ2v) is 3.54. The third-order valence-electron chi connectivity index (χ3n) is 2.23. The molecule has 0 saturated heterocycles. The quantitative estimate of drug-likeness (QED) is 0.794. The molecule has 1 rings (SSSR count). The van der Waals surface area contributed by atoms with Crippen LogP contribution in [0.15, 0.2) is 29.2 Å². The molecule has 4 heteroatoms. The summed E-state index contributed by atoms with van der Waals surface area (Å²) in [6.07, 6.45) is 2.49. The van der Waals surface area contributed by atoms with Crippen molar-refractivity contribution in [2.75, 3.05) is 0 Å². The maximum Gasteiger partial charge on any atom is 0.250 e. The number of hydrogen-bond acceptors (Lipinski definition) is 2. The summed E-state index contributed by atoms with van der Waals surface area (Å²) >= 11 is 0. The Morgan fingerprint density at radius 2 is 2.27 bits per heavy atom. The van der Waals surface area contributed by atoms with Crippen molar-refractivity contribution in [2.24, 2.45) is 0 Å². The normalized spacial score (nSPS) is 12.1. The van der Waals surface area contributed by atoms with Gasteiger partial charge in [-0.15, -0.1) is 0 Å². The van der Waals surface area contributed by atoms with Crippen molar-refractivity contribution in [3.63, 3.8) is 0 Å². The third kappa shape index (κ3) is 3.58. The zero-order chi connectivity index (χ0) is 11.3. The van der Waals surface area contributed by atoms with Crippen LogP contribution < -0.4 is 10.9 Å². The van der Waals surface area contributed by atoms with Gasteiger partial charge in [-0.25, -0.2) is 0 Å². The van der Waals surface area contributed by atoms with Gasteiger partial charge in [-0.3, -0.25) is 9.59 Å². The van der Waals surface area contributed by atoms with Gasteiger partial charge in [0.15, 0.2) is 0 Å². The van der Waals surface area contributed by atoms with Crippen molar-refractivity contribution in [1.29, 1.82) is 0 Å². The van der Waals surface area contributed by atoms with Crippen molar-refractivity contribution in [2.45, 2.75) is 32.9 Å². The Hall–Kier alpha value is -1.58. The smallest absolute Gasteiger partial charge is 0.250 e. The molecule has 1 aromatic heterocycles. The Labute approximate surface area is 88.9 Å². The number of carbonyl (C=O) groups is 1. The number of pyridine rings is 1. The maximum atomic E-state index is 11.5. The van der Waals surface area contributed by atoms with Crippen LogP contribution in [0.25, 0.3) is 0 Å². The molecule has 0 spiro atoms. The summed E-state index contributed by atoms with van der Waals surface area (Å²) in [5, 5.41) is 2.81. The van der Waals surface area contributed by atoms with Crippen molar-refractivity contribution in [3.8, 4) is 0 Å². The van der Waals surface area contributed by atoms with E-state index in [-0.39, 0.29) is 24.1 Å². The zero-order valence-corrected chi connectivity index (χ0v) is 9.06. The molecule has 1 heterocycles. The number of nitrogens with one attached hydrogen (secondary N) is 1. The molecule has 0 aliphatic heterocycles. The van der Waals surface area contributed by atoms with Crippen LogP contribution >= 0.6 is 0 Å². The van der Waals surface area contributed by atoms with Crippen LogP contribution in [0.1, 0.15) is 20.3 Å². The molecule has 4 nitrogen and oxygen atoms in total. The lowest BCUT2D eigenvalue weighted by molar-refractivity contribution is -0.122. The SMILES string of the molecule is CC[C@@H](C)NC(=O)Cn1ccccc1=O. The standard InChI is InChI=1S/C11H16N2O2/c1-3-9(2)12-10(14)8-13-7-5-4-6-11(13)15/h4-7,9H,3,8H2,1-2H3,(H,12,14)/t9-/m1/s1. The van der Waals surface area contributed by atoms with E-state index in [4.69, 9.17) is 0 Å². The predicted molar refractivity (Wildman–Crippen MR) is 58.6 cm³/mol. The Bertz CT molecular complexity index is 384. The molecule has 0 aliphatic rings. The molecule has 1 amide bonds. The van der Waals surface area contributed by atoms with E-state index in [1.165, 1.54) is 10.6 Å². The highest BCUT2D eigenvalue weighted by atomic mass is 16.2. The highest BCUT2D eigenvalue weighted by Gasteiger charge is 2.06. The van der Waals surface area contributed by atoms with Crippen LogP contribution in [0.5, 0.6) is 0 Å². The van der Waals surface area contributed by atoms with Gasteiger partial charge in [0, 0.05) is 18.3 Å². The van der Waals surface area contributed by atoms with E-state index in [1.807, 2.05) is 13.8 Å². The van der Waals surface area contributed by atoms with Crippen LogP contribution in [0.4, 0.5) is 0 Å². The summed E-state index contributed by atoms with van der Waals surface area (Å²) in [7, 11) is 0. The van der Waals surface area contributed by atoms with E-state index >= 15 is 0 Å². The number of carbonyl (C=O) groups excluding carboxylic acids is 1. The molecule has 0 saturated carbocycles. The number of nitrogens with zero attached hydrogens (tertiary/aromatic N) is 1. The largest absolute Gasteiger partial charge is 0.352 e. The minimum Gasteiger partial charge on any atom is -0.352 e. The molecule has 0 bridgehead atoms. The van der Waals surface area contributed by atoms with Gasteiger partial charge >= 0.3 is 0 Å². The first-order chi connectivity index (χ1) is 7.13. The first-order valence-electron chi connectivity index (χ1n) is 5.08. The predicted octanol–water partition coefficient (Wildman–Crippen LogP) is 0.763. The lowest BCUT2D eigenvalue weighted by Crippen LogP contribution is -2.36. The second-order valence-electron chi connectivity index (χ2n) is 3.54. The van der Waals surface area contributed by atoms with Crippen LogP contribution in [0, 0.1) is 0 Å². The van der Waals surface area contributed by atoms with Gasteiger partial charge in [0.05, 0.1) is 0 Å². The van der Waals surface area contributed by atoms with Gasteiger partial charge in [-0.05, 0) is 19.4 Å². The molecule has 15 heavy (non-hydrogen) atoms. The molecule has 1 N–H and O–H groups in total. The minimum atomic E-state index is -0.156. The summed E-state index contributed by atoms with van der Waals surface area (Å²) in [5.74, 6) is -0.127. The van der Waals surface area contributed by atoms with Crippen LogP contribution in [-0.2, 0) is 11.3 Å². The van der Waals surface area contributed by atoms with E-state index in [0.717, 1.165) is 6.42 Å². The summed E-state index contributed by atoms with van der Waals surface area (Å²) in [6.45, 7) is 4.02. The molecule has 0 aliphatic carbocycles. The van der Waals surface area contributed by atoms with E-state index < -0.39 is 0 Å². The number of aromatic nitrogens is 1. The summed E-state index contributed by atoms with van der Waals surface area (Å²) in [6, 6.07) is 4.98. The Morgan fingerprint density at radius 3 is 2.87 bits per heavy atom. The van der Waals surface area contributed by atoms with Crippen LogP contribution in [0.3, 0.4) is 0 Å². The average molecular weight is 208 g/mol. The molecule has 1 atom stereocenters. The Kier molecular flexibility index (Phi) is 4.09. The second kappa shape index (κ2) is 5.34. The van der Waals surface area contributed by atoms with E-state index in [9.17, 15) is 9.59 Å². The van der Waals surface area contributed by atoms with Gasteiger partial charge in [0.2, 0.25) is 5.91 Å². The van der Waals surface area contributed by atoms with E-state index in [1.54, 1.807) is 18.3 Å². The van der Waals surface area contributed by atoms with Gasteiger partial charge < -0.3 is 9.88 Å². The number of amides is 1. The van der Waals surface area contributed by atoms with Crippen LogP contribution in [0.2, 0.25) is 0 Å². The van der Waals surface area contributed by atoms with Gasteiger partial charge in [-0.2, -0.15) is 0 Å². The first kappa shape index (κ1) is 11.5.